The molecule has 0 radical (unpaired) electrons. The molecule has 0 spiro atoms. The molecule has 19 heavy (non-hydrogen) atoms. The number of hydrogen-bond acceptors (Lipinski definition) is 2. The van der Waals surface area contributed by atoms with Gasteiger partial charge in [0.05, 0.1) is 11.1 Å². The Morgan fingerprint density at radius 1 is 1.11 bits per heavy atom. The Bertz CT molecular complexity index is 600. The highest BCUT2D eigenvalue weighted by atomic mass is 35.5. The topological polar surface area (TPSA) is 29.5 Å². The van der Waals surface area contributed by atoms with Gasteiger partial charge in [0.2, 0.25) is 0 Å². The first-order valence-electron chi connectivity index (χ1n) is 5.58. The predicted octanol–water partition coefficient (Wildman–Crippen LogP) is 4.98. The van der Waals surface area contributed by atoms with E-state index in [-0.39, 0.29) is 0 Å². The molecule has 0 saturated heterocycles. The lowest BCUT2D eigenvalue weighted by atomic mass is 10.1. The Kier molecular flexibility index (Phi) is 4.30. The molecule has 0 aliphatic rings. The van der Waals surface area contributed by atoms with Crippen molar-refractivity contribution in [2.75, 3.05) is 0 Å². The highest BCUT2D eigenvalue weighted by Gasteiger charge is 2.13. The molecule has 0 aliphatic carbocycles. The summed E-state index contributed by atoms with van der Waals surface area (Å²) in [4.78, 5) is 0. The average Bonchev–Trinajstić information content (AvgIpc) is 2.34. The number of hydrogen-bond donors (Lipinski definition) is 1. The van der Waals surface area contributed by atoms with Crippen LogP contribution in [0.2, 0.25) is 10.0 Å². The van der Waals surface area contributed by atoms with Gasteiger partial charge in [-0.25, -0.2) is 4.39 Å². The molecule has 0 saturated carbocycles. The zero-order chi connectivity index (χ0) is 14.0. The Hall–Kier alpha value is -1.29. The molecule has 2 nitrogen and oxygen atoms in total. The second-order valence-corrected chi connectivity index (χ2v) is 4.88. The molecular formula is C14H11Cl2FO2. The van der Waals surface area contributed by atoms with Gasteiger partial charge in [0.25, 0.3) is 0 Å². The van der Waals surface area contributed by atoms with E-state index in [1.54, 1.807) is 18.2 Å². The summed E-state index contributed by atoms with van der Waals surface area (Å²) < 4.78 is 18.8. The van der Waals surface area contributed by atoms with Crippen molar-refractivity contribution in [3.63, 3.8) is 0 Å². The summed E-state index contributed by atoms with van der Waals surface area (Å²) in [7, 11) is 0. The van der Waals surface area contributed by atoms with Crippen molar-refractivity contribution in [2.45, 2.75) is 13.0 Å². The van der Waals surface area contributed by atoms with Crippen molar-refractivity contribution in [2.24, 2.45) is 0 Å². The Morgan fingerprint density at radius 2 is 1.79 bits per heavy atom. The lowest BCUT2D eigenvalue weighted by Crippen LogP contribution is -1.97. The van der Waals surface area contributed by atoms with Gasteiger partial charge in [0.15, 0.2) is 0 Å². The van der Waals surface area contributed by atoms with Gasteiger partial charge in [-0.15, -0.1) is 0 Å². The zero-order valence-corrected chi connectivity index (χ0v) is 11.5. The SMILES string of the molecule is C[C@@H](O)c1cc(F)ccc1Oc1ccc(Cl)cc1Cl. The first-order chi connectivity index (χ1) is 8.97. The van der Waals surface area contributed by atoms with Gasteiger partial charge in [-0.3, -0.25) is 0 Å². The Balaban J connectivity index is 2.38. The third-order valence-corrected chi connectivity index (χ3v) is 3.07. The van der Waals surface area contributed by atoms with Crippen molar-refractivity contribution >= 4 is 23.2 Å². The molecule has 5 heteroatoms. The van der Waals surface area contributed by atoms with Gasteiger partial charge < -0.3 is 9.84 Å². The molecule has 1 atom stereocenters. The quantitative estimate of drug-likeness (QED) is 0.866. The maximum atomic E-state index is 13.2. The van der Waals surface area contributed by atoms with E-state index < -0.39 is 11.9 Å². The van der Waals surface area contributed by atoms with Gasteiger partial charge in [-0.1, -0.05) is 23.2 Å². The molecule has 100 valence electrons. The van der Waals surface area contributed by atoms with E-state index in [9.17, 15) is 9.50 Å². The van der Waals surface area contributed by atoms with Crippen LogP contribution in [0.5, 0.6) is 11.5 Å². The molecule has 0 aliphatic heterocycles. The van der Waals surface area contributed by atoms with E-state index in [4.69, 9.17) is 27.9 Å². The van der Waals surface area contributed by atoms with E-state index in [0.717, 1.165) is 0 Å². The summed E-state index contributed by atoms with van der Waals surface area (Å²) in [5.74, 6) is 0.297. The fourth-order valence-corrected chi connectivity index (χ4v) is 2.06. The van der Waals surface area contributed by atoms with Crippen LogP contribution >= 0.6 is 23.2 Å². The first-order valence-corrected chi connectivity index (χ1v) is 6.33. The second-order valence-electron chi connectivity index (χ2n) is 4.03. The summed E-state index contributed by atoms with van der Waals surface area (Å²) in [5.41, 5.74) is 0.353. The van der Waals surface area contributed by atoms with Crippen LogP contribution in [0, 0.1) is 5.82 Å². The fraction of sp³-hybridized carbons (Fsp3) is 0.143. The van der Waals surface area contributed by atoms with Crippen molar-refractivity contribution < 1.29 is 14.2 Å². The van der Waals surface area contributed by atoms with Gasteiger partial charge >= 0.3 is 0 Å². The smallest absolute Gasteiger partial charge is 0.146 e. The Morgan fingerprint density at radius 3 is 2.42 bits per heavy atom. The average molecular weight is 301 g/mol. The molecule has 2 rings (SSSR count). The van der Waals surface area contributed by atoms with Crippen LogP contribution in [0.1, 0.15) is 18.6 Å². The van der Waals surface area contributed by atoms with Crippen molar-refractivity contribution in [3.8, 4) is 11.5 Å². The number of rotatable bonds is 3. The van der Waals surface area contributed by atoms with Gasteiger partial charge in [0, 0.05) is 10.6 Å². The maximum absolute atomic E-state index is 13.2. The molecule has 0 unspecified atom stereocenters. The monoisotopic (exact) mass is 300 g/mol. The number of halogens is 3. The van der Waals surface area contributed by atoms with Crippen LogP contribution in [0.4, 0.5) is 4.39 Å². The number of aliphatic hydroxyl groups is 1. The summed E-state index contributed by atoms with van der Waals surface area (Å²) in [6.07, 6.45) is -0.850. The van der Waals surface area contributed by atoms with Crippen molar-refractivity contribution in [3.05, 3.63) is 57.8 Å². The lowest BCUT2D eigenvalue weighted by molar-refractivity contribution is 0.195. The zero-order valence-electron chi connectivity index (χ0n) is 10.0. The summed E-state index contributed by atoms with van der Waals surface area (Å²) in [6, 6.07) is 8.72. The summed E-state index contributed by atoms with van der Waals surface area (Å²) in [6.45, 7) is 1.53. The van der Waals surface area contributed by atoms with Crippen LogP contribution in [0.3, 0.4) is 0 Å². The molecule has 2 aromatic carbocycles. The maximum Gasteiger partial charge on any atom is 0.146 e. The minimum atomic E-state index is -0.850. The fourth-order valence-electron chi connectivity index (χ4n) is 1.62. The first kappa shape index (κ1) is 14.1. The van der Waals surface area contributed by atoms with E-state index in [1.165, 1.54) is 25.1 Å². The third-order valence-electron chi connectivity index (χ3n) is 2.54. The lowest BCUT2D eigenvalue weighted by Gasteiger charge is -2.14. The molecule has 0 aromatic heterocycles. The van der Waals surface area contributed by atoms with E-state index in [1.807, 2.05) is 0 Å². The molecular weight excluding hydrogens is 290 g/mol. The predicted molar refractivity (Wildman–Crippen MR) is 73.6 cm³/mol. The van der Waals surface area contributed by atoms with Crippen molar-refractivity contribution in [1.29, 1.82) is 0 Å². The highest BCUT2D eigenvalue weighted by Crippen LogP contribution is 2.35. The largest absolute Gasteiger partial charge is 0.455 e. The van der Waals surface area contributed by atoms with Gasteiger partial charge in [0.1, 0.15) is 17.3 Å². The van der Waals surface area contributed by atoms with Gasteiger partial charge in [-0.2, -0.15) is 0 Å². The number of benzene rings is 2. The normalized spacial score (nSPS) is 12.3. The minimum absolute atomic E-state index is 0.341. The molecule has 0 amide bonds. The molecule has 0 bridgehead atoms. The van der Waals surface area contributed by atoms with Crippen LogP contribution in [0.15, 0.2) is 36.4 Å². The van der Waals surface area contributed by atoms with E-state index in [0.29, 0.717) is 27.1 Å². The van der Waals surface area contributed by atoms with E-state index >= 15 is 0 Å². The van der Waals surface area contributed by atoms with Gasteiger partial charge in [-0.05, 0) is 43.3 Å². The summed E-state index contributed by atoms with van der Waals surface area (Å²) >= 11 is 11.8. The second kappa shape index (κ2) is 5.78. The third kappa shape index (κ3) is 3.38. The van der Waals surface area contributed by atoms with Crippen LogP contribution in [-0.2, 0) is 0 Å². The van der Waals surface area contributed by atoms with Crippen LogP contribution in [0.25, 0.3) is 0 Å². The number of ether oxygens (including phenoxy) is 1. The molecule has 1 N–H and O–H groups in total. The number of aliphatic hydroxyl groups excluding tert-OH is 1. The standard InChI is InChI=1S/C14H11Cl2FO2/c1-8(18)11-7-10(17)3-5-13(11)19-14-4-2-9(15)6-12(14)16/h2-8,18H,1H3/t8-/m1/s1. The highest BCUT2D eigenvalue weighted by molar-refractivity contribution is 6.35. The van der Waals surface area contributed by atoms with Crippen molar-refractivity contribution in [1.82, 2.24) is 0 Å². The van der Waals surface area contributed by atoms with E-state index in [2.05, 4.69) is 0 Å². The van der Waals surface area contributed by atoms with Crippen LogP contribution in [-0.4, -0.2) is 5.11 Å². The molecule has 0 fully saturated rings. The molecule has 2 aromatic rings. The molecule has 0 heterocycles. The summed E-state index contributed by atoms with van der Waals surface area (Å²) in [5, 5.41) is 10.5. The minimum Gasteiger partial charge on any atom is -0.455 e. The van der Waals surface area contributed by atoms with Crippen LogP contribution < -0.4 is 4.74 Å². The Labute approximate surface area is 120 Å².